The Balaban J connectivity index is 1.64. The Kier molecular flexibility index (Phi) is 3.16. The fourth-order valence-corrected chi connectivity index (χ4v) is 3.12. The van der Waals surface area contributed by atoms with E-state index in [4.69, 9.17) is 9.47 Å². The van der Waals surface area contributed by atoms with Gasteiger partial charge in [0.1, 0.15) is 19.5 Å². The Morgan fingerprint density at radius 2 is 1.64 bits per heavy atom. The summed E-state index contributed by atoms with van der Waals surface area (Å²) in [6, 6.07) is 16.2. The molecule has 122 valence electrons. The molecule has 3 heterocycles. The number of rotatable bonds is 2. The first kappa shape index (κ1) is 14.0. The highest BCUT2D eigenvalue weighted by Gasteiger charge is 2.14. The predicted molar refractivity (Wildman–Crippen MR) is 95.3 cm³/mol. The van der Waals surface area contributed by atoms with Crippen molar-refractivity contribution < 1.29 is 9.47 Å². The summed E-state index contributed by atoms with van der Waals surface area (Å²) < 4.78 is 13.4. The van der Waals surface area contributed by atoms with E-state index in [-0.39, 0.29) is 0 Å². The van der Waals surface area contributed by atoms with E-state index >= 15 is 0 Å². The van der Waals surface area contributed by atoms with Crippen molar-refractivity contribution in [3.05, 3.63) is 67.3 Å². The SMILES string of the molecule is c1cc(-c2ccc3ncn(-c4ccc5c(c4)OCCO5)c3c2)ccn1. The minimum Gasteiger partial charge on any atom is -0.486 e. The number of imidazole rings is 1. The van der Waals surface area contributed by atoms with Crippen molar-refractivity contribution in [3.63, 3.8) is 0 Å². The summed E-state index contributed by atoms with van der Waals surface area (Å²) in [7, 11) is 0. The lowest BCUT2D eigenvalue weighted by Gasteiger charge is -2.19. The van der Waals surface area contributed by atoms with E-state index in [1.807, 2.05) is 42.7 Å². The molecule has 0 bridgehead atoms. The van der Waals surface area contributed by atoms with Crippen molar-refractivity contribution >= 4 is 11.0 Å². The second-order valence-corrected chi connectivity index (χ2v) is 5.88. The Bertz CT molecular complexity index is 1060. The summed E-state index contributed by atoms with van der Waals surface area (Å²) >= 11 is 0. The zero-order valence-corrected chi connectivity index (χ0v) is 13.4. The third kappa shape index (κ3) is 2.41. The molecular weight excluding hydrogens is 314 g/mol. The average molecular weight is 329 g/mol. The van der Waals surface area contributed by atoms with Gasteiger partial charge in [-0.05, 0) is 47.5 Å². The summed E-state index contributed by atoms with van der Waals surface area (Å²) in [5.74, 6) is 1.56. The molecule has 2 aromatic carbocycles. The van der Waals surface area contributed by atoms with Crippen LogP contribution < -0.4 is 9.47 Å². The van der Waals surface area contributed by atoms with Gasteiger partial charge in [-0.2, -0.15) is 0 Å². The molecule has 0 N–H and O–H groups in total. The van der Waals surface area contributed by atoms with E-state index < -0.39 is 0 Å². The van der Waals surface area contributed by atoms with Crippen molar-refractivity contribution in [2.45, 2.75) is 0 Å². The first-order valence-electron chi connectivity index (χ1n) is 8.16. The van der Waals surface area contributed by atoms with Gasteiger partial charge in [0.15, 0.2) is 11.5 Å². The van der Waals surface area contributed by atoms with Crippen molar-refractivity contribution in [1.82, 2.24) is 14.5 Å². The first-order valence-corrected chi connectivity index (χ1v) is 8.16. The maximum Gasteiger partial charge on any atom is 0.163 e. The normalized spacial score (nSPS) is 13.1. The highest BCUT2D eigenvalue weighted by molar-refractivity contribution is 5.83. The fraction of sp³-hybridized carbons (Fsp3) is 0.100. The maximum atomic E-state index is 5.70. The second-order valence-electron chi connectivity index (χ2n) is 5.88. The molecular formula is C20H15N3O2. The van der Waals surface area contributed by atoms with Gasteiger partial charge in [0, 0.05) is 18.5 Å². The van der Waals surface area contributed by atoms with Gasteiger partial charge in [-0.3, -0.25) is 9.55 Å². The number of pyridine rings is 1. The Labute approximate surface area is 144 Å². The van der Waals surface area contributed by atoms with E-state index in [2.05, 4.69) is 26.7 Å². The monoisotopic (exact) mass is 329 g/mol. The van der Waals surface area contributed by atoms with E-state index in [9.17, 15) is 0 Å². The molecule has 0 atom stereocenters. The van der Waals surface area contributed by atoms with Crippen LogP contribution in [0.25, 0.3) is 27.8 Å². The van der Waals surface area contributed by atoms with Crippen molar-refractivity contribution in [2.24, 2.45) is 0 Å². The summed E-state index contributed by atoms with van der Waals surface area (Å²) in [6.07, 6.45) is 5.45. The van der Waals surface area contributed by atoms with Crippen LogP contribution in [0.15, 0.2) is 67.3 Å². The zero-order valence-electron chi connectivity index (χ0n) is 13.4. The molecule has 0 unspecified atom stereocenters. The fourth-order valence-electron chi connectivity index (χ4n) is 3.12. The molecule has 0 amide bonds. The molecule has 0 saturated carbocycles. The highest BCUT2D eigenvalue weighted by atomic mass is 16.6. The lowest BCUT2D eigenvalue weighted by Crippen LogP contribution is -2.15. The average Bonchev–Trinajstić information content (AvgIpc) is 3.11. The largest absolute Gasteiger partial charge is 0.486 e. The summed E-state index contributed by atoms with van der Waals surface area (Å²) in [4.78, 5) is 8.61. The van der Waals surface area contributed by atoms with Crippen LogP contribution in [-0.4, -0.2) is 27.7 Å². The van der Waals surface area contributed by atoms with Gasteiger partial charge in [-0.1, -0.05) is 6.07 Å². The van der Waals surface area contributed by atoms with Crippen LogP contribution in [0, 0.1) is 0 Å². The van der Waals surface area contributed by atoms with Crippen LogP contribution in [0.1, 0.15) is 0 Å². The van der Waals surface area contributed by atoms with Crippen LogP contribution in [-0.2, 0) is 0 Å². The summed E-state index contributed by atoms with van der Waals surface area (Å²) in [5, 5.41) is 0. The van der Waals surface area contributed by atoms with Crippen molar-refractivity contribution in [3.8, 4) is 28.3 Å². The van der Waals surface area contributed by atoms with Crippen LogP contribution in [0.3, 0.4) is 0 Å². The van der Waals surface area contributed by atoms with Crippen molar-refractivity contribution in [2.75, 3.05) is 13.2 Å². The third-order valence-electron chi connectivity index (χ3n) is 4.36. The van der Waals surface area contributed by atoms with Gasteiger partial charge in [0.25, 0.3) is 0 Å². The topological polar surface area (TPSA) is 49.2 Å². The summed E-state index contributed by atoms with van der Waals surface area (Å²) in [6.45, 7) is 1.17. The number of benzene rings is 2. The number of aromatic nitrogens is 3. The third-order valence-corrected chi connectivity index (χ3v) is 4.36. The highest BCUT2D eigenvalue weighted by Crippen LogP contribution is 2.33. The Morgan fingerprint density at radius 3 is 2.52 bits per heavy atom. The lowest BCUT2D eigenvalue weighted by molar-refractivity contribution is 0.171. The standard InChI is InChI=1S/C20H15N3O2/c1-3-17-18(11-15(1)14-5-7-21-8-6-14)23(13-22-17)16-2-4-19-20(12-16)25-10-9-24-19/h1-8,11-13H,9-10H2. The van der Waals surface area contributed by atoms with Gasteiger partial charge >= 0.3 is 0 Å². The number of fused-ring (bicyclic) bond motifs is 2. The van der Waals surface area contributed by atoms with E-state index in [1.165, 1.54) is 0 Å². The van der Waals surface area contributed by atoms with E-state index in [0.717, 1.165) is 39.3 Å². The molecule has 4 aromatic rings. The molecule has 25 heavy (non-hydrogen) atoms. The quantitative estimate of drug-likeness (QED) is 0.560. The van der Waals surface area contributed by atoms with Crippen molar-refractivity contribution in [1.29, 1.82) is 0 Å². The molecule has 0 saturated heterocycles. The van der Waals surface area contributed by atoms with Gasteiger partial charge in [-0.25, -0.2) is 4.98 Å². The zero-order chi connectivity index (χ0) is 16.6. The molecule has 0 radical (unpaired) electrons. The number of hydrogen-bond acceptors (Lipinski definition) is 4. The Hall–Kier alpha value is -3.34. The molecule has 0 aliphatic carbocycles. The van der Waals surface area contributed by atoms with Gasteiger partial charge in [0.2, 0.25) is 0 Å². The molecule has 5 rings (SSSR count). The maximum absolute atomic E-state index is 5.70. The van der Waals surface area contributed by atoms with Crippen LogP contribution in [0.5, 0.6) is 11.5 Å². The lowest BCUT2D eigenvalue weighted by atomic mass is 10.1. The molecule has 1 aliphatic rings. The van der Waals surface area contributed by atoms with Gasteiger partial charge in [0.05, 0.1) is 16.7 Å². The molecule has 2 aromatic heterocycles. The van der Waals surface area contributed by atoms with E-state index in [0.29, 0.717) is 13.2 Å². The van der Waals surface area contributed by atoms with Crippen LogP contribution in [0.4, 0.5) is 0 Å². The second kappa shape index (κ2) is 5.63. The van der Waals surface area contributed by atoms with Gasteiger partial charge in [-0.15, -0.1) is 0 Å². The number of nitrogens with zero attached hydrogens (tertiary/aromatic N) is 3. The summed E-state index contributed by atoms with van der Waals surface area (Å²) in [5.41, 5.74) is 5.26. The number of ether oxygens (including phenoxy) is 2. The molecule has 0 fully saturated rings. The first-order chi connectivity index (χ1) is 12.4. The van der Waals surface area contributed by atoms with E-state index in [1.54, 1.807) is 12.4 Å². The van der Waals surface area contributed by atoms with Crippen LogP contribution >= 0.6 is 0 Å². The Morgan fingerprint density at radius 1 is 0.800 bits per heavy atom. The molecule has 1 aliphatic heterocycles. The predicted octanol–water partition coefficient (Wildman–Crippen LogP) is 3.86. The van der Waals surface area contributed by atoms with Gasteiger partial charge < -0.3 is 9.47 Å². The minimum atomic E-state index is 0.577. The molecule has 5 nitrogen and oxygen atoms in total. The molecule has 0 spiro atoms. The molecule has 5 heteroatoms. The number of hydrogen-bond donors (Lipinski definition) is 0. The minimum absolute atomic E-state index is 0.577. The smallest absolute Gasteiger partial charge is 0.163 e. The van der Waals surface area contributed by atoms with Crippen LogP contribution in [0.2, 0.25) is 0 Å².